The van der Waals surface area contributed by atoms with Gasteiger partial charge in [0.1, 0.15) is 0 Å². The Bertz CT molecular complexity index is 1020. The monoisotopic (exact) mass is 822 g/mol. The minimum Gasteiger partial charge on any atom is -0.0312 e. The van der Waals surface area contributed by atoms with Crippen LogP contribution in [0.5, 0.6) is 0 Å². The maximum atomic E-state index is 9.87. The van der Waals surface area contributed by atoms with Crippen molar-refractivity contribution in [3.63, 3.8) is 0 Å². The normalized spacial score (nSPS) is 19.3. The van der Waals surface area contributed by atoms with Crippen molar-refractivity contribution in [2.45, 2.75) is 0 Å². The molecular weight excluding hydrogens is 785 g/mol. The number of halogens is 8. The van der Waals surface area contributed by atoms with Crippen LogP contribution in [0.15, 0.2) is 48.5 Å². The number of hydrogen-bond donors (Lipinski definition) is 0. The van der Waals surface area contributed by atoms with Gasteiger partial charge in [0.2, 0.25) is 0 Å². The second-order valence-electron chi connectivity index (χ2n) is 10.2. The van der Waals surface area contributed by atoms with Gasteiger partial charge in [-0.2, -0.15) is 0 Å². The predicted molar refractivity (Wildman–Crippen MR) is 180 cm³/mol. The Hall–Kier alpha value is -0.127. The summed E-state index contributed by atoms with van der Waals surface area (Å²) in [5, 5.41) is 1.62. The van der Waals surface area contributed by atoms with Crippen LogP contribution in [0.25, 0.3) is 0 Å². The van der Waals surface area contributed by atoms with Gasteiger partial charge in [0, 0.05) is 98.4 Å². The summed E-state index contributed by atoms with van der Waals surface area (Å²) in [5.74, 6) is 2.41. The Kier molecular flexibility index (Phi) is 17.0. The summed E-state index contributed by atoms with van der Waals surface area (Å²) < 4.78 is 59.2. The van der Waals surface area contributed by atoms with E-state index in [0.29, 0.717) is 0 Å². The van der Waals surface area contributed by atoms with Crippen molar-refractivity contribution in [1.82, 2.24) is 9.80 Å². The third-order valence-electron chi connectivity index (χ3n) is 6.75. The molecule has 1 aliphatic carbocycles. The van der Waals surface area contributed by atoms with E-state index in [1.54, 1.807) is 0 Å². The molecule has 2 aromatic carbocycles. The van der Waals surface area contributed by atoms with E-state index in [0.717, 1.165) is 62.4 Å². The van der Waals surface area contributed by atoms with Gasteiger partial charge in [-0.25, -0.2) is 0 Å². The van der Waals surface area contributed by atoms with Gasteiger partial charge in [0.05, 0.1) is 0 Å². The summed E-state index contributed by atoms with van der Waals surface area (Å²) in [5.41, 5.74) is 2.57. The summed E-state index contributed by atoms with van der Waals surface area (Å²) >= 11 is 12.0. The Balaban J connectivity index is 0.000000456. The summed E-state index contributed by atoms with van der Waals surface area (Å²) in [6.45, 7) is 11.3. The molecule has 2 heterocycles. The van der Waals surface area contributed by atoms with Gasteiger partial charge < -0.3 is 9.80 Å². The predicted octanol–water partition coefficient (Wildman–Crippen LogP) is 9.72. The van der Waals surface area contributed by atoms with Crippen LogP contribution < -0.4 is 9.80 Å². The molecule has 2 saturated heterocycles. The van der Waals surface area contributed by atoms with Crippen LogP contribution in [0.1, 0.15) is 0 Å². The van der Waals surface area contributed by atoms with Crippen LogP contribution in [-0.2, 0) is 19.5 Å². The third kappa shape index (κ3) is 20.1. The Morgan fingerprint density at radius 3 is 1.04 bits per heavy atom. The molecule has 5 rings (SSSR count). The molecule has 3 aliphatic rings. The first-order chi connectivity index (χ1) is 20.6. The fourth-order valence-corrected chi connectivity index (χ4v) is 6.84. The topological polar surface area (TPSA) is 13.0 Å². The van der Waals surface area contributed by atoms with E-state index in [2.05, 4.69) is 43.9 Å². The fraction of sp³-hybridized carbons (Fsp3) is 0.414. The molecule has 0 amide bonds. The van der Waals surface area contributed by atoms with Crippen molar-refractivity contribution < 1.29 is 44.7 Å². The number of anilines is 2. The molecule has 2 aromatic rings. The van der Waals surface area contributed by atoms with Crippen molar-refractivity contribution in [3.8, 4) is 0 Å². The van der Waals surface area contributed by atoms with Crippen LogP contribution in [0.2, 0.25) is 10.0 Å². The average molecular weight is 823 g/mol. The SMILES string of the molecule is Clc1ccc(N2CCN(CCSSCCN3CCN(c4ccc(Cl)cc4)CC3)CC2)cc1.F[P-](F)(F)(F)(F)F.[CH]1[CH][CH][CH][CH]1.[Ru+2]. The van der Waals surface area contributed by atoms with Crippen molar-refractivity contribution in [3.05, 3.63) is 90.7 Å². The maximum Gasteiger partial charge on any atom is 2.00 e. The molecule has 0 spiro atoms. The number of benzene rings is 2. The first-order valence-corrected chi connectivity index (χ1v) is 19.3. The molecule has 0 aromatic heterocycles. The van der Waals surface area contributed by atoms with E-state index >= 15 is 0 Å². The standard InChI is InChI=1S/C24H32Cl2N4S2.C5H5.F6P.Ru/c25-21-1-5-23(6-2-21)29-13-9-27(10-14-29)17-19-31-32-20-18-28-11-15-30(16-12-28)24-7-3-22(26)4-8-24;1-2-4-5-3-1;1-7(2,3,4,5)6;/h1-8H,9-20H2;1-5H;;/q;;-1;+2. The zero-order valence-electron chi connectivity index (χ0n) is 24.4. The average Bonchev–Trinajstić information content (AvgIpc) is 3.56. The number of hydrogen-bond acceptors (Lipinski definition) is 6. The van der Waals surface area contributed by atoms with Crippen molar-refractivity contribution in [1.29, 1.82) is 0 Å². The molecule has 2 aliphatic heterocycles. The molecular formula is C29H37Cl2F6N4PRuS2+. The fourth-order valence-electron chi connectivity index (χ4n) is 4.53. The molecule has 0 atom stereocenters. The second kappa shape index (κ2) is 18.6. The minimum absolute atomic E-state index is 0. The molecule has 1 saturated carbocycles. The number of rotatable bonds is 9. The van der Waals surface area contributed by atoms with E-state index in [-0.39, 0.29) is 19.5 Å². The quantitative estimate of drug-likeness (QED) is 0.0816. The first kappa shape index (κ1) is 41.0. The smallest absolute Gasteiger partial charge is 0.0312 e. The molecule has 5 radical (unpaired) electrons. The summed E-state index contributed by atoms with van der Waals surface area (Å²) in [6.07, 6.45) is 10.0. The van der Waals surface area contributed by atoms with Crippen LogP contribution >= 0.6 is 52.6 Å². The molecule has 0 bridgehead atoms. The zero-order chi connectivity index (χ0) is 32.1. The van der Waals surface area contributed by atoms with Crippen LogP contribution in [0.3, 0.4) is 0 Å². The van der Waals surface area contributed by atoms with Crippen LogP contribution in [0, 0.1) is 32.1 Å². The van der Waals surface area contributed by atoms with Gasteiger partial charge in [-0.05, 0) is 80.6 Å². The number of nitrogens with zero attached hydrogens (tertiary/aromatic N) is 4. The van der Waals surface area contributed by atoms with Gasteiger partial charge in [-0.1, -0.05) is 44.8 Å². The molecule has 3 fully saturated rings. The molecule has 0 unspecified atom stereocenters. The van der Waals surface area contributed by atoms with Crippen molar-refractivity contribution in [2.24, 2.45) is 0 Å². The van der Waals surface area contributed by atoms with E-state index in [4.69, 9.17) is 23.2 Å². The Morgan fingerprint density at radius 1 is 0.511 bits per heavy atom. The van der Waals surface area contributed by atoms with Crippen LogP contribution in [-0.4, -0.2) is 86.8 Å². The van der Waals surface area contributed by atoms with Crippen molar-refractivity contribution in [2.75, 3.05) is 86.8 Å². The van der Waals surface area contributed by atoms with E-state index in [9.17, 15) is 25.2 Å². The Labute approximate surface area is 294 Å². The summed E-state index contributed by atoms with van der Waals surface area (Å²) in [7, 11) is -6.60. The Morgan fingerprint density at radius 2 is 0.778 bits per heavy atom. The molecule has 4 nitrogen and oxygen atoms in total. The molecule has 0 N–H and O–H groups in total. The maximum absolute atomic E-state index is 10.7. The minimum atomic E-state index is -10.7. The summed E-state index contributed by atoms with van der Waals surface area (Å²) in [4.78, 5) is 10.1. The van der Waals surface area contributed by atoms with Gasteiger partial charge >= 0.3 is 52.5 Å². The van der Waals surface area contributed by atoms with E-state index in [1.165, 1.54) is 36.0 Å². The van der Waals surface area contributed by atoms with Gasteiger partial charge in [0.15, 0.2) is 0 Å². The third-order valence-corrected chi connectivity index (χ3v) is 9.62. The zero-order valence-corrected chi connectivity index (χ0v) is 30.2. The largest absolute Gasteiger partial charge is 2.00 e. The van der Waals surface area contributed by atoms with E-state index in [1.807, 2.05) is 78.0 Å². The van der Waals surface area contributed by atoms with Gasteiger partial charge in [-0.15, -0.1) is 0 Å². The second-order valence-corrected chi connectivity index (χ2v) is 15.7. The van der Waals surface area contributed by atoms with Gasteiger partial charge in [0.25, 0.3) is 0 Å². The van der Waals surface area contributed by atoms with E-state index < -0.39 is 7.81 Å². The van der Waals surface area contributed by atoms with Crippen LogP contribution in [0.4, 0.5) is 36.6 Å². The summed E-state index contributed by atoms with van der Waals surface area (Å²) in [6, 6.07) is 16.4. The first-order valence-electron chi connectivity index (χ1n) is 14.1. The molecule has 253 valence electrons. The molecule has 45 heavy (non-hydrogen) atoms. The molecule has 16 heteroatoms. The van der Waals surface area contributed by atoms with Crippen molar-refractivity contribution >= 4 is 64.0 Å². The number of piperazine rings is 2. The van der Waals surface area contributed by atoms with Gasteiger partial charge in [-0.3, -0.25) is 9.80 Å².